The molecule has 1 amide bonds. The lowest BCUT2D eigenvalue weighted by atomic mass is 10.1. The molecule has 0 radical (unpaired) electrons. The van der Waals surface area contributed by atoms with Gasteiger partial charge in [0.15, 0.2) is 0 Å². The number of amides is 1. The van der Waals surface area contributed by atoms with Crippen LogP contribution in [0.4, 0.5) is 0 Å². The predicted molar refractivity (Wildman–Crippen MR) is 80.1 cm³/mol. The summed E-state index contributed by atoms with van der Waals surface area (Å²) in [5, 5.41) is 3.37. The third-order valence-corrected chi connectivity index (χ3v) is 3.90. The first-order valence-corrected chi connectivity index (χ1v) is 7.90. The minimum atomic E-state index is -0.127. The molecule has 18 heavy (non-hydrogen) atoms. The summed E-state index contributed by atoms with van der Waals surface area (Å²) in [6, 6.07) is 5.47. The first kappa shape index (κ1) is 15.7. The zero-order chi connectivity index (χ0) is 13.5. The standard InChI is InChI=1S/C13H17Cl2NOS/c1-9(5-6-14)8-16-13(17)11-7-10(18-2)3-4-12(11)15/h3-4,7,9H,5-6,8H2,1-2H3,(H,16,17). The summed E-state index contributed by atoms with van der Waals surface area (Å²) < 4.78 is 0. The molecule has 0 aliphatic carbocycles. The van der Waals surface area contributed by atoms with Gasteiger partial charge in [-0.15, -0.1) is 23.4 Å². The Morgan fingerprint density at radius 3 is 2.83 bits per heavy atom. The summed E-state index contributed by atoms with van der Waals surface area (Å²) >= 11 is 13.3. The predicted octanol–water partition coefficient (Wildman–Crippen LogP) is 4.06. The van der Waals surface area contributed by atoms with E-state index in [1.165, 1.54) is 0 Å². The van der Waals surface area contributed by atoms with Gasteiger partial charge in [0.1, 0.15) is 0 Å². The number of thioether (sulfide) groups is 1. The van der Waals surface area contributed by atoms with E-state index >= 15 is 0 Å². The van der Waals surface area contributed by atoms with Gasteiger partial charge < -0.3 is 5.32 Å². The summed E-state index contributed by atoms with van der Waals surface area (Å²) in [5.74, 6) is 0.853. The highest BCUT2D eigenvalue weighted by Gasteiger charge is 2.12. The van der Waals surface area contributed by atoms with E-state index in [0.29, 0.717) is 28.9 Å². The molecule has 0 saturated carbocycles. The van der Waals surface area contributed by atoms with Gasteiger partial charge in [-0.25, -0.2) is 0 Å². The Hall–Kier alpha value is -0.380. The normalized spacial score (nSPS) is 12.2. The van der Waals surface area contributed by atoms with Crippen molar-refractivity contribution in [2.45, 2.75) is 18.2 Å². The van der Waals surface area contributed by atoms with Crippen molar-refractivity contribution in [2.75, 3.05) is 18.7 Å². The number of hydrogen-bond donors (Lipinski definition) is 1. The van der Waals surface area contributed by atoms with Crippen LogP contribution in [-0.4, -0.2) is 24.6 Å². The zero-order valence-corrected chi connectivity index (χ0v) is 12.8. The van der Waals surface area contributed by atoms with Crippen molar-refractivity contribution in [3.05, 3.63) is 28.8 Å². The summed E-state index contributed by atoms with van der Waals surface area (Å²) in [7, 11) is 0. The van der Waals surface area contributed by atoms with Crippen LogP contribution in [0.15, 0.2) is 23.1 Å². The van der Waals surface area contributed by atoms with Crippen molar-refractivity contribution in [3.8, 4) is 0 Å². The third-order valence-electron chi connectivity index (χ3n) is 2.63. The Morgan fingerprint density at radius 1 is 1.50 bits per heavy atom. The third kappa shape index (κ3) is 4.71. The van der Waals surface area contributed by atoms with Crippen molar-refractivity contribution in [3.63, 3.8) is 0 Å². The van der Waals surface area contributed by atoms with E-state index < -0.39 is 0 Å². The molecule has 0 aromatic heterocycles. The molecule has 1 aromatic carbocycles. The van der Waals surface area contributed by atoms with E-state index in [9.17, 15) is 4.79 Å². The van der Waals surface area contributed by atoms with E-state index in [-0.39, 0.29) is 5.91 Å². The fourth-order valence-electron chi connectivity index (χ4n) is 1.46. The maximum absolute atomic E-state index is 12.0. The van der Waals surface area contributed by atoms with E-state index in [4.69, 9.17) is 23.2 Å². The number of halogens is 2. The second-order valence-electron chi connectivity index (χ2n) is 4.14. The molecule has 0 aliphatic rings. The Labute approximate surface area is 122 Å². The Balaban J connectivity index is 2.66. The second-order valence-corrected chi connectivity index (χ2v) is 5.80. The molecule has 1 aromatic rings. The van der Waals surface area contributed by atoms with Crippen LogP contribution in [0.2, 0.25) is 5.02 Å². The van der Waals surface area contributed by atoms with E-state index in [0.717, 1.165) is 11.3 Å². The van der Waals surface area contributed by atoms with E-state index in [1.807, 2.05) is 18.4 Å². The van der Waals surface area contributed by atoms with Crippen LogP contribution >= 0.6 is 35.0 Å². The zero-order valence-electron chi connectivity index (χ0n) is 10.5. The molecule has 0 fully saturated rings. The van der Waals surface area contributed by atoms with Gasteiger partial charge in [-0.2, -0.15) is 0 Å². The van der Waals surface area contributed by atoms with Crippen molar-refractivity contribution in [1.29, 1.82) is 0 Å². The number of nitrogens with one attached hydrogen (secondary N) is 1. The minimum absolute atomic E-state index is 0.127. The monoisotopic (exact) mass is 305 g/mol. The molecule has 1 N–H and O–H groups in total. The van der Waals surface area contributed by atoms with Gasteiger partial charge in [0.05, 0.1) is 10.6 Å². The molecule has 5 heteroatoms. The smallest absolute Gasteiger partial charge is 0.252 e. The van der Waals surface area contributed by atoms with Crippen molar-refractivity contribution < 1.29 is 4.79 Å². The molecular formula is C13H17Cl2NOS. The highest BCUT2D eigenvalue weighted by Crippen LogP contribution is 2.22. The average Bonchev–Trinajstić information content (AvgIpc) is 2.37. The van der Waals surface area contributed by atoms with Gasteiger partial charge in [-0.1, -0.05) is 18.5 Å². The SMILES string of the molecule is CSc1ccc(Cl)c(C(=O)NCC(C)CCCl)c1. The fourth-order valence-corrected chi connectivity index (χ4v) is 2.47. The Morgan fingerprint density at radius 2 is 2.22 bits per heavy atom. The number of carbonyl (C=O) groups excluding carboxylic acids is 1. The lowest BCUT2D eigenvalue weighted by Gasteiger charge is -2.12. The van der Waals surface area contributed by atoms with Crippen molar-refractivity contribution in [1.82, 2.24) is 5.32 Å². The topological polar surface area (TPSA) is 29.1 Å². The summed E-state index contributed by atoms with van der Waals surface area (Å²) in [4.78, 5) is 13.0. The van der Waals surface area contributed by atoms with Crippen LogP contribution in [-0.2, 0) is 0 Å². The number of alkyl halides is 1. The molecule has 100 valence electrons. The summed E-state index contributed by atoms with van der Waals surface area (Å²) in [5.41, 5.74) is 0.529. The minimum Gasteiger partial charge on any atom is -0.352 e. The fraction of sp³-hybridized carbons (Fsp3) is 0.462. The number of carbonyl (C=O) groups is 1. The molecule has 1 atom stereocenters. The largest absolute Gasteiger partial charge is 0.352 e. The van der Waals surface area contributed by atoms with Crippen LogP contribution < -0.4 is 5.32 Å². The van der Waals surface area contributed by atoms with Gasteiger partial charge in [-0.3, -0.25) is 4.79 Å². The highest BCUT2D eigenvalue weighted by molar-refractivity contribution is 7.98. The van der Waals surface area contributed by atoms with Gasteiger partial charge in [0.25, 0.3) is 5.91 Å². The van der Waals surface area contributed by atoms with E-state index in [2.05, 4.69) is 12.2 Å². The molecule has 0 saturated heterocycles. The second kappa shape index (κ2) is 7.93. The lowest BCUT2D eigenvalue weighted by Crippen LogP contribution is -2.28. The van der Waals surface area contributed by atoms with Crippen LogP contribution in [0.5, 0.6) is 0 Å². The van der Waals surface area contributed by atoms with Gasteiger partial charge in [0.2, 0.25) is 0 Å². The molecule has 0 heterocycles. The molecular weight excluding hydrogens is 289 g/mol. The van der Waals surface area contributed by atoms with Crippen molar-refractivity contribution >= 4 is 40.9 Å². The molecule has 0 bridgehead atoms. The first-order valence-electron chi connectivity index (χ1n) is 5.76. The van der Waals surface area contributed by atoms with Gasteiger partial charge >= 0.3 is 0 Å². The average molecular weight is 306 g/mol. The number of benzene rings is 1. The van der Waals surface area contributed by atoms with Gasteiger partial charge in [0, 0.05) is 17.3 Å². The summed E-state index contributed by atoms with van der Waals surface area (Å²) in [6.07, 6.45) is 2.86. The van der Waals surface area contributed by atoms with Crippen LogP contribution in [0.3, 0.4) is 0 Å². The van der Waals surface area contributed by atoms with Crippen LogP contribution in [0.1, 0.15) is 23.7 Å². The quantitative estimate of drug-likeness (QED) is 0.634. The molecule has 0 aliphatic heterocycles. The van der Waals surface area contributed by atoms with Crippen molar-refractivity contribution in [2.24, 2.45) is 5.92 Å². The maximum Gasteiger partial charge on any atom is 0.252 e. The number of rotatable bonds is 6. The Kier molecular flexibility index (Phi) is 6.90. The molecule has 1 rings (SSSR count). The van der Waals surface area contributed by atoms with Crippen LogP contribution in [0, 0.1) is 5.92 Å². The van der Waals surface area contributed by atoms with Crippen LogP contribution in [0.25, 0.3) is 0 Å². The number of hydrogen-bond acceptors (Lipinski definition) is 2. The summed E-state index contributed by atoms with van der Waals surface area (Å²) in [6.45, 7) is 2.67. The molecule has 0 spiro atoms. The Bertz CT molecular complexity index is 412. The molecule has 1 unspecified atom stereocenters. The maximum atomic E-state index is 12.0. The highest BCUT2D eigenvalue weighted by atomic mass is 35.5. The first-order chi connectivity index (χ1) is 8.58. The van der Waals surface area contributed by atoms with E-state index in [1.54, 1.807) is 17.8 Å². The molecule has 2 nitrogen and oxygen atoms in total. The lowest BCUT2D eigenvalue weighted by molar-refractivity contribution is 0.0948. The van der Waals surface area contributed by atoms with Gasteiger partial charge in [-0.05, 0) is 36.8 Å².